The molecule has 0 aliphatic carbocycles. The van der Waals surface area contributed by atoms with Gasteiger partial charge in [-0.1, -0.05) is 20.8 Å². The summed E-state index contributed by atoms with van der Waals surface area (Å²) in [5.41, 5.74) is 1.17. The second-order valence-electron chi connectivity index (χ2n) is 5.46. The smallest absolute Gasteiger partial charge is 0.306 e. The minimum absolute atomic E-state index is 0.105. The number of carbonyl (C=O) groups is 1. The van der Waals surface area contributed by atoms with Crippen molar-refractivity contribution in [2.45, 2.75) is 39.2 Å². The Bertz CT molecular complexity index is 396. The zero-order valence-electron chi connectivity index (χ0n) is 11.8. The molecule has 1 rings (SSSR count). The predicted molar refractivity (Wildman–Crippen MR) is 73.8 cm³/mol. The lowest BCUT2D eigenvalue weighted by Crippen LogP contribution is -2.22. The van der Waals surface area contributed by atoms with Gasteiger partial charge >= 0.3 is 5.97 Å². The van der Waals surface area contributed by atoms with Crippen molar-refractivity contribution in [2.75, 3.05) is 20.7 Å². The molecule has 0 atom stereocenters. The number of hydrogen-bond acceptors (Lipinski definition) is 5. The Morgan fingerprint density at radius 2 is 2.17 bits per heavy atom. The van der Waals surface area contributed by atoms with Crippen LogP contribution in [-0.4, -0.2) is 36.6 Å². The van der Waals surface area contributed by atoms with E-state index in [1.54, 1.807) is 11.3 Å². The molecule has 18 heavy (non-hydrogen) atoms. The standard InChI is InChI=1S/C13H22N2O2S/c1-13(2,3)12-14-10(9-18-12)8-15(4)7-6-11(16)17-5/h9H,6-8H2,1-5H3. The van der Waals surface area contributed by atoms with Crippen LogP contribution in [0.1, 0.15) is 37.9 Å². The summed E-state index contributed by atoms with van der Waals surface area (Å²) in [7, 11) is 3.40. The SMILES string of the molecule is COC(=O)CCN(C)Cc1csc(C(C)(C)C)n1. The third kappa shape index (κ3) is 4.74. The number of rotatable bonds is 5. The third-order valence-corrected chi connectivity index (χ3v) is 3.87. The zero-order valence-corrected chi connectivity index (χ0v) is 12.6. The summed E-state index contributed by atoms with van der Waals surface area (Å²) in [6, 6.07) is 0. The van der Waals surface area contributed by atoms with Crippen LogP contribution >= 0.6 is 11.3 Å². The Hall–Kier alpha value is -0.940. The van der Waals surface area contributed by atoms with Crippen molar-refractivity contribution < 1.29 is 9.53 Å². The van der Waals surface area contributed by atoms with Crippen molar-refractivity contribution in [1.82, 2.24) is 9.88 Å². The molecule has 0 unspecified atom stereocenters. The normalized spacial score (nSPS) is 11.9. The van der Waals surface area contributed by atoms with Crippen molar-refractivity contribution in [3.63, 3.8) is 0 Å². The van der Waals surface area contributed by atoms with Gasteiger partial charge in [0.05, 0.1) is 24.2 Å². The summed E-state index contributed by atoms with van der Waals surface area (Å²) in [6.07, 6.45) is 0.420. The molecular formula is C13H22N2O2S. The van der Waals surface area contributed by atoms with Crippen LogP contribution in [0.3, 0.4) is 0 Å². The fourth-order valence-electron chi connectivity index (χ4n) is 1.46. The first-order chi connectivity index (χ1) is 8.32. The zero-order chi connectivity index (χ0) is 13.8. The number of nitrogens with zero attached hydrogens (tertiary/aromatic N) is 2. The Kier molecular flexibility index (Phi) is 5.28. The van der Waals surface area contributed by atoms with Gasteiger partial charge in [-0.3, -0.25) is 9.69 Å². The highest BCUT2D eigenvalue weighted by Gasteiger charge is 2.18. The minimum Gasteiger partial charge on any atom is -0.469 e. The Morgan fingerprint density at radius 3 is 2.67 bits per heavy atom. The van der Waals surface area contributed by atoms with Gasteiger partial charge in [-0.25, -0.2) is 4.98 Å². The van der Waals surface area contributed by atoms with Gasteiger partial charge in [0.1, 0.15) is 0 Å². The molecule has 0 fully saturated rings. The molecule has 0 aromatic carbocycles. The van der Waals surface area contributed by atoms with E-state index in [9.17, 15) is 4.79 Å². The fraction of sp³-hybridized carbons (Fsp3) is 0.692. The van der Waals surface area contributed by atoms with Gasteiger partial charge in [-0.05, 0) is 7.05 Å². The van der Waals surface area contributed by atoms with Crippen molar-refractivity contribution >= 4 is 17.3 Å². The maximum atomic E-state index is 11.0. The van der Waals surface area contributed by atoms with Crippen LogP contribution in [0.4, 0.5) is 0 Å². The second-order valence-corrected chi connectivity index (χ2v) is 6.32. The second kappa shape index (κ2) is 6.29. The molecule has 1 aromatic rings. The van der Waals surface area contributed by atoms with E-state index in [-0.39, 0.29) is 11.4 Å². The highest BCUT2D eigenvalue weighted by atomic mass is 32.1. The van der Waals surface area contributed by atoms with Crippen LogP contribution in [0.5, 0.6) is 0 Å². The summed E-state index contributed by atoms with van der Waals surface area (Å²) in [6.45, 7) is 7.95. The summed E-state index contributed by atoms with van der Waals surface area (Å²) in [5, 5.41) is 3.24. The quantitative estimate of drug-likeness (QED) is 0.771. The topological polar surface area (TPSA) is 42.4 Å². The molecule has 5 heteroatoms. The van der Waals surface area contributed by atoms with Crippen molar-refractivity contribution in [3.8, 4) is 0 Å². The van der Waals surface area contributed by atoms with Crippen molar-refractivity contribution in [3.05, 3.63) is 16.1 Å². The molecule has 1 heterocycles. The number of esters is 1. The van der Waals surface area contributed by atoms with Gasteiger partial charge in [0.2, 0.25) is 0 Å². The van der Waals surface area contributed by atoms with E-state index >= 15 is 0 Å². The molecule has 0 spiro atoms. The first kappa shape index (κ1) is 15.1. The Morgan fingerprint density at radius 1 is 1.50 bits per heavy atom. The lowest BCUT2D eigenvalue weighted by atomic mass is 9.98. The maximum absolute atomic E-state index is 11.0. The molecule has 4 nitrogen and oxygen atoms in total. The van der Waals surface area contributed by atoms with Gasteiger partial charge in [-0.15, -0.1) is 11.3 Å². The number of hydrogen-bond donors (Lipinski definition) is 0. The maximum Gasteiger partial charge on any atom is 0.306 e. The van der Waals surface area contributed by atoms with E-state index in [1.165, 1.54) is 7.11 Å². The van der Waals surface area contributed by atoms with E-state index in [0.29, 0.717) is 13.0 Å². The molecule has 102 valence electrons. The van der Waals surface area contributed by atoms with Gasteiger partial charge in [0.25, 0.3) is 0 Å². The Balaban J connectivity index is 2.47. The average molecular weight is 270 g/mol. The average Bonchev–Trinajstić information content (AvgIpc) is 2.74. The molecular weight excluding hydrogens is 248 g/mol. The number of methoxy groups -OCH3 is 1. The predicted octanol–water partition coefficient (Wildman–Crippen LogP) is 2.44. The van der Waals surface area contributed by atoms with Crippen molar-refractivity contribution in [2.24, 2.45) is 0 Å². The summed E-state index contributed by atoms with van der Waals surface area (Å²) >= 11 is 1.70. The van der Waals surface area contributed by atoms with Crippen LogP contribution in [-0.2, 0) is 21.5 Å². The van der Waals surface area contributed by atoms with Crippen molar-refractivity contribution in [1.29, 1.82) is 0 Å². The molecule has 0 saturated heterocycles. The van der Waals surface area contributed by atoms with Crippen LogP contribution < -0.4 is 0 Å². The summed E-state index contributed by atoms with van der Waals surface area (Å²) < 4.78 is 4.62. The lowest BCUT2D eigenvalue weighted by molar-refractivity contribution is -0.140. The minimum atomic E-state index is -0.171. The van der Waals surface area contributed by atoms with E-state index in [4.69, 9.17) is 0 Å². The highest BCUT2D eigenvalue weighted by molar-refractivity contribution is 7.09. The lowest BCUT2D eigenvalue weighted by Gasteiger charge is -2.15. The number of carbonyl (C=O) groups excluding carboxylic acids is 1. The molecule has 0 aliphatic rings. The molecule has 0 N–H and O–H groups in total. The van der Waals surface area contributed by atoms with Crippen LogP contribution in [0, 0.1) is 0 Å². The molecule has 1 aromatic heterocycles. The molecule has 0 saturated carbocycles. The number of thiazole rings is 1. The molecule has 0 amide bonds. The monoisotopic (exact) mass is 270 g/mol. The largest absolute Gasteiger partial charge is 0.469 e. The first-order valence-electron chi connectivity index (χ1n) is 6.03. The number of aromatic nitrogens is 1. The fourth-order valence-corrected chi connectivity index (χ4v) is 2.36. The Labute approximate surface area is 113 Å². The van der Waals surface area contributed by atoms with Gasteiger partial charge in [0.15, 0.2) is 0 Å². The van der Waals surface area contributed by atoms with Gasteiger partial charge in [0, 0.05) is 23.9 Å². The highest BCUT2D eigenvalue weighted by Crippen LogP contribution is 2.25. The summed E-state index contributed by atoms with van der Waals surface area (Å²) in [4.78, 5) is 17.8. The van der Waals surface area contributed by atoms with E-state index in [0.717, 1.165) is 17.2 Å². The van der Waals surface area contributed by atoms with Gasteiger partial charge < -0.3 is 4.74 Å². The number of ether oxygens (including phenoxy) is 1. The van der Waals surface area contributed by atoms with Crippen LogP contribution in [0.15, 0.2) is 5.38 Å². The molecule has 0 radical (unpaired) electrons. The summed E-state index contributed by atoms with van der Waals surface area (Å²) in [5.74, 6) is -0.171. The van der Waals surface area contributed by atoms with E-state index < -0.39 is 0 Å². The van der Waals surface area contributed by atoms with Crippen LogP contribution in [0.25, 0.3) is 0 Å². The third-order valence-electron chi connectivity index (χ3n) is 2.55. The van der Waals surface area contributed by atoms with Gasteiger partial charge in [-0.2, -0.15) is 0 Å². The molecule has 0 bridgehead atoms. The van der Waals surface area contributed by atoms with Crippen LogP contribution in [0.2, 0.25) is 0 Å². The first-order valence-corrected chi connectivity index (χ1v) is 6.91. The van der Waals surface area contributed by atoms with E-state index in [1.807, 2.05) is 7.05 Å². The van der Waals surface area contributed by atoms with E-state index in [2.05, 4.69) is 40.8 Å². The molecule has 0 aliphatic heterocycles.